The van der Waals surface area contributed by atoms with Crippen molar-refractivity contribution in [1.82, 2.24) is 25.1 Å². The third-order valence-electron chi connectivity index (χ3n) is 2.99. The number of nitrogens with one attached hydrogen (secondary N) is 2. The SMILES string of the molecule is CCNc1nc(C2CC2)nc(Sc2ncn[nH]2)c1C. The van der Waals surface area contributed by atoms with Crippen LogP contribution in [0, 0.1) is 6.92 Å². The molecule has 0 atom stereocenters. The molecule has 6 nitrogen and oxygen atoms in total. The summed E-state index contributed by atoms with van der Waals surface area (Å²) in [5, 5.41) is 11.7. The molecule has 0 spiro atoms. The predicted molar refractivity (Wildman–Crippen MR) is 73.4 cm³/mol. The van der Waals surface area contributed by atoms with Gasteiger partial charge in [-0.25, -0.2) is 15.0 Å². The van der Waals surface area contributed by atoms with E-state index in [9.17, 15) is 0 Å². The number of rotatable bonds is 5. The highest BCUT2D eigenvalue weighted by molar-refractivity contribution is 7.99. The van der Waals surface area contributed by atoms with E-state index in [1.54, 1.807) is 0 Å². The molecule has 3 rings (SSSR count). The Bertz CT molecular complexity index is 564. The van der Waals surface area contributed by atoms with Crippen molar-refractivity contribution in [3.8, 4) is 0 Å². The molecule has 0 aromatic carbocycles. The molecule has 1 aliphatic carbocycles. The summed E-state index contributed by atoms with van der Waals surface area (Å²) in [5.41, 5.74) is 1.06. The number of H-pyrrole nitrogens is 1. The van der Waals surface area contributed by atoms with Crippen molar-refractivity contribution in [2.75, 3.05) is 11.9 Å². The van der Waals surface area contributed by atoms with Gasteiger partial charge in [0, 0.05) is 18.0 Å². The van der Waals surface area contributed by atoms with E-state index in [1.165, 1.54) is 30.9 Å². The second-order valence-corrected chi connectivity index (χ2v) is 5.54. The van der Waals surface area contributed by atoms with Crippen LogP contribution in [0.25, 0.3) is 0 Å². The fourth-order valence-electron chi connectivity index (χ4n) is 1.81. The maximum Gasteiger partial charge on any atom is 0.189 e. The van der Waals surface area contributed by atoms with E-state index in [2.05, 4.69) is 37.4 Å². The zero-order chi connectivity index (χ0) is 13.2. The maximum absolute atomic E-state index is 4.68. The van der Waals surface area contributed by atoms with Gasteiger partial charge in [0.1, 0.15) is 23.0 Å². The van der Waals surface area contributed by atoms with Crippen LogP contribution in [0.3, 0.4) is 0 Å². The number of aromatic nitrogens is 5. The van der Waals surface area contributed by atoms with Crippen LogP contribution in [0.15, 0.2) is 16.5 Å². The Hall–Kier alpha value is -1.63. The molecule has 19 heavy (non-hydrogen) atoms. The second kappa shape index (κ2) is 5.16. The summed E-state index contributed by atoms with van der Waals surface area (Å²) < 4.78 is 0. The summed E-state index contributed by atoms with van der Waals surface area (Å²) in [6, 6.07) is 0. The Morgan fingerprint density at radius 1 is 1.42 bits per heavy atom. The third-order valence-corrected chi connectivity index (χ3v) is 3.97. The van der Waals surface area contributed by atoms with E-state index in [-0.39, 0.29) is 0 Å². The lowest BCUT2D eigenvalue weighted by atomic mass is 10.3. The largest absolute Gasteiger partial charge is 0.370 e. The second-order valence-electron chi connectivity index (χ2n) is 4.56. The van der Waals surface area contributed by atoms with Crippen molar-refractivity contribution >= 4 is 17.6 Å². The summed E-state index contributed by atoms with van der Waals surface area (Å²) in [6.07, 6.45) is 3.90. The smallest absolute Gasteiger partial charge is 0.189 e. The molecule has 0 unspecified atom stereocenters. The van der Waals surface area contributed by atoms with Gasteiger partial charge in [0.2, 0.25) is 0 Å². The van der Waals surface area contributed by atoms with Gasteiger partial charge in [-0.1, -0.05) is 0 Å². The Labute approximate surface area is 115 Å². The molecule has 100 valence electrons. The van der Waals surface area contributed by atoms with Gasteiger partial charge in [-0.3, -0.25) is 5.10 Å². The lowest BCUT2D eigenvalue weighted by Crippen LogP contribution is -2.07. The van der Waals surface area contributed by atoms with Gasteiger partial charge in [-0.05, 0) is 38.5 Å². The number of aromatic amines is 1. The van der Waals surface area contributed by atoms with Crippen molar-refractivity contribution in [3.05, 3.63) is 17.7 Å². The van der Waals surface area contributed by atoms with Crippen LogP contribution < -0.4 is 5.32 Å². The minimum absolute atomic E-state index is 0.534. The number of hydrogen-bond acceptors (Lipinski definition) is 6. The molecule has 2 aromatic heterocycles. The zero-order valence-corrected chi connectivity index (χ0v) is 11.8. The van der Waals surface area contributed by atoms with Gasteiger partial charge in [-0.2, -0.15) is 5.10 Å². The van der Waals surface area contributed by atoms with Crippen LogP contribution in [0.2, 0.25) is 0 Å². The molecule has 2 N–H and O–H groups in total. The molecule has 2 aromatic rings. The van der Waals surface area contributed by atoms with Crippen LogP contribution >= 0.6 is 11.8 Å². The minimum Gasteiger partial charge on any atom is -0.370 e. The highest BCUT2D eigenvalue weighted by atomic mass is 32.2. The Balaban J connectivity index is 1.96. The highest BCUT2D eigenvalue weighted by Crippen LogP contribution is 2.40. The van der Waals surface area contributed by atoms with Crippen LogP contribution in [0.5, 0.6) is 0 Å². The van der Waals surface area contributed by atoms with E-state index in [0.717, 1.165) is 33.9 Å². The first kappa shape index (κ1) is 12.4. The first-order valence-electron chi connectivity index (χ1n) is 6.43. The van der Waals surface area contributed by atoms with Crippen molar-refractivity contribution < 1.29 is 0 Å². The quantitative estimate of drug-likeness (QED) is 0.816. The molecule has 1 saturated carbocycles. The first-order valence-corrected chi connectivity index (χ1v) is 7.25. The lowest BCUT2D eigenvalue weighted by molar-refractivity contribution is 0.857. The molecular formula is C12H16N6S. The van der Waals surface area contributed by atoms with Gasteiger partial charge in [-0.15, -0.1) is 0 Å². The molecule has 1 aliphatic rings. The molecule has 7 heteroatoms. The standard InChI is InChI=1S/C12H16N6S/c1-3-13-9-7(2)11(19-12-14-6-15-18-12)17-10(16-9)8-4-5-8/h6,8H,3-5H2,1-2H3,(H,13,16,17)(H,14,15,18). The molecule has 1 fully saturated rings. The molecule has 0 saturated heterocycles. The third kappa shape index (κ3) is 2.70. The van der Waals surface area contributed by atoms with E-state index >= 15 is 0 Å². The van der Waals surface area contributed by atoms with Crippen molar-refractivity contribution in [2.24, 2.45) is 0 Å². The number of anilines is 1. The van der Waals surface area contributed by atoms with E-state index in [4.69, 9.17) is 0 Å². The topological polar surface area (TPSA) is 79.4 Å². The molecule has 0 radical (unpaired) electrons. The summed E-state index contributed by atoms with van der Waals surface area (Å²) in [7, 11) is 0. The van der Waals surface area contributed by atoms with Gasteiger partial charge in [0.05, 0.1) is 0 Å². The maximum atomic E-state index is 4.68. The Morgan fingerprint density at radius 2 is 2.26 bits per heavy atom. The molecule has 0 amide bonds. The summed E-state index contributed by atoms with van der Waals surface area (Å²) >= 11 is 1.50. The van der Waals surface area contributed by atoms with Crippen LogP contribution in [0.4, 0.5) is 5.82 Å². The van der Waals surface area contributed by atoms with Crippen LogP contribution in [0.1, 0.15) is 37.1 Å². The Kier molecular flexibility index (Phi) is 3.37. The summed E-state index contributed by atoms with van der Waals surface area (Å²) in [6.45, 7) is 4.96. The predicted octanol–water partition coefficient (Wildman–Crippen LogP) is 2.36. The van der Waals surface area contributed by atoms with Crippen molar-refractivity contribution in [3.63, 3.8) is 0 Å². The molecule has 2 heterocycles. The van der Waals surface area contributed by atoms with Gasteiger partial charge >= 0.3 is 0 Å². The normalized spacial score (nSPS) is 14.6. The van der Waals surface area contributed by atoms with Crippen LogP contribution in [-0.4, -0.2) is 31.7 Å². The first-order chi connectivity index (χ1) is 9.28. The Morgan fingerprint density at radius 3 is 2.89 bits per heavy atom. The fourth-order valence-corrected chi connectivity index (χ4v) is 2.58. The average molecular weight is 276 g/mol. The fraction of sp³-hybridized carbons (Fsp3) is 0.500. The van der Waals surface area contributed by atoms with Gasteiger partial charge < -0.3 is 5.32 Å². The van der Waals surface area contributed by atoms with Crippen LogP contribution in [-0.2, 0) is 0 Å². The average Bonchev–Trinajstić information content (AvgIpc) is 3.13. The van der Waals surface area contributed by atoms with Crippen molar-refractivity contribution in [1.29, 1.82) is 0 Å². The van der Waals surface area contributed by atoms with Crippen molar-refractivity contribution in [2.45, 2.75) is 42.8 Å². The molecule has 0 aliphatic heterocycles. The molecular weight excluding hydrogens is 260 g/mol. The minimum atomic E-state index is 0.534. The number of hydrogen-bond donors (Lipinski definition) is 2. The molecule has 0 bridgehead atoms. The van der Waals surface area contributed by atoms with E-state index in [0.29, 0.717) is 5.92 Å². The van der Waals surface area contributed by atoms with E-state index in [1.807, 2.05) is 6.92 Å². The van der Waals surface area contributed by atoms with E-state index < -0.39 is 0 Å². The summed E-state index contributed by atoms with van der Waals surface area (Å²) in [5.74, 6) is 2.41. The highest BCUT2D eigenvalue weighted by Gasteiger charge is 2.28. The lowest BCUT2D eigenvalue weighted by Gasteiger charge is -2.11. The number of nitrogens with zero attached hydrogens (tertiary/aromatic N) is 4. The van der Waals surface area contributed by atoms with Gasteiger partial charge in [0.25, 0.3) is 0 Å². The summed E-state index contributed by atoms with van der Waals surface area (Å²) in [4.78, 5) is 13.4. The zero-order valence-electron chi connectivity index (χ0n) is 11.0. The monoisotopic (exact) mass is 276 g/mol. The van der Waals surface area contributed by atoms with Gasteiger partial charge in [0.15, 0.2) is 5.16 Å².